The summed E-state index contributed by atoms with van der Waals surface area (Å²) in [5.41, 5.74) is 10.1. The number of rotatable bonds is 7. The Morgan fingerprint density at radius 3 is 2.66 bits per heavy atom. The van der Waals surface area contributed by atoms with Gasteiger partial charge in [-0.1, -0.05) is 62.2 Å². The molecule has 4 N–H and O–H groups in total. The molecule has 3 aromatic rings. The Hall–Kier alpha value is -3.18. The van der Waals surface area contributed by atoms with Crippen LogP contribution >= 0.6 is 23.2 Å². The van der Waals surface area contributed by atoms with Crippen LogP contribution in [-0.2, 0) is 0 Å². The van der Waals surface area contributed by atoms with Crippen molar-refractivity contribution in [1.82, 2.24) is 21.0 Å². The average Bonchev–Trinajstić information content (AvgIpc) is 3.30. The van der Waals surface area contributed by atoms with E-state index >= 15 is 0 Å². The number of anilines is 2. The fourth-order valence-corrected chi connectivity index (χ4v) is 5.97. The van der Waals surface area contributed by atoms with E-state index in [1.54, 1.807) is 18.3 Å². The summed E-state index contributed by atoms with van der Waals surface area (Å²) >= 11 is 13.4. The molecule has 0 spiro atoms. The molecule has 38 heavy (non-hydrogen) atoms. The summed E-state index contributed by atoms with van der Waals surface area (Å²) < 4.78 is 9.77. The minimum absolute atomic E-state index is 0.0117. The normalized spacial score (nSPS) is 23.8. The zero-order chi connectivity index (χ0) is 27.6. The van der Waals surface area contributed by atoms with Crippen molar-refractivity contribution in [3.05, 3.63) is 75.7 Å². The van der Waals surface area contributed by atoms with E-state index in [2.05, 4.69) is 58.4 Å². The SMILES string of the molecule is [2H][C@@](Nc1cc(Cl)c2ncc(C#N)c(NCC(C)(C)C)c2c1)(C1=CN(C23CC(C2)C3)NN1)c1ccccc1Cl. The predicted molar refractivity (Wildman–Crippen MR) is 153 cm³/mol. The van der Waals surface area contributed by atoms with Gasteiger partial charge < -0.3 is 16.1 Å². The second-order valence-electron chi connectivity index (χ2n) is 11.8. The van der Waals surface area contributed by atoms with E-state index in [4.69, 9.17) is 23.2 Å². The van der Waals surface area contributed by atoms with Crippen LogP contribution in [0.1, 0.15) is 58.5 Å². The maximum atomic E-state index is 9.82. The summed E-state index contributed by atoms with van der Waals surface area (Å²) in [6, 6.07) is 11.8. The molecule has 1 atom stereocenters. The van der Waals surface area contributed by atoms with E-state index in [1.165, 1.54) is 0 Å². The van der Waals surface area contributed by atoms with E-state index in [0.717, 1.165) is 25.2 Å². The minimum atomic E-state index is -1.47. The maximum Gasteiger partial charge on any atom is 0.103 e. The number of nitrogens with one attached hydrogen (secondary N) is 4. The van der Waals surface area contributed by atoms with Crippen LogP contribution < -0.4 is 21.6 Å². The largest absolute Gasteiger partial charge is 0.383 e. The lowest BCUT2D eigenvalue weighted by Gasteiger charge is -2.64. The summed E-state index contributed by atoms with van der Waals surface area (Å²) in [5.74, 6) is 0.819. The molecular formula is C29H31Cl2N7. The number of nitrogens with zero attached hydrogens (tertiary/aromatic N) is 3. The van der Waals surface area contributed by atoms with Gasteiger partial charge in [0.2, 0.25) is 0 Å². The van der Waals surface area contributed by atoms with E-state index in [0.29, 0.717) is 55.7 Å². The van der Waals surface area contributed by atoms with E-state index in [1.807, 2.05) is 30.5 Å². The molecule has 0 amide bonds. The lowest BCUT2D eigenvalue weighted by Crippen LogP contribution is -2.69. The minimum Gasteiger partial charge on any atom is -0.383 e. The second kappa shape index (κ2) is 9.23. The number of hydrogen-bond donors (Lipinski definition) is 4. The molecule has 0 saturated heterocycles. The zero-order valence-corrected chi connectivity index (χ0v) is 23.1. The van der Waals surface area contributed by atoms with Gasteiger partial charge in [-0.2, -0.15) is 5.26 Å². The fourth-order valence-electron chi connectivity index (χ4n) is 5.47. The van der Waals surface area contributed by atoms with Gasteiger partial charge in [0.15, 0.2) is 0 Å². The second-order valence-corrected chi connectivity index (χ2v) is 12.6. The van der Waals surface area contributed by atoms with Crippen molar-refractivity contribution in [2.24, 2.45) is 11.3 Å². The number of halogens is 2. The molecular weight excluding hydrogens is 517 g/mol. The predicted octanol–water partition coefficient (Wildman–Crippen LogP) is 6.74. The highest BCUT2D eigenvalue weighted by Crippen LogP contribution is 2.60. The van der Waals surface area contributed by atoms with E-state index in [-0.39, 0.29) is 11.0 Å². The van der Waals surface area contributed by atoms with Crippen molar-refractivity contribution in [1.29, 1.82) is 5.26 Å². The molecule has 1 aromatic heterocycles. The molecule has 9 heteroatoms. The first-order valence-corrected chi connectivity index (χ1v) is 13.6. The van der Waals surface area contributed by atoms with Gasteiger partial charge in [0.1, 0.15) is 6.07 Å². The molecule has 1 aliphatic heterocycles. The third kappa shape index (κ3) is 4.41. The highest BCUT2D eigenvalue weighted by molar-refractivity contribution is 6.36. The highest BCUT2D eigenvalue weighted by Gasteiger charge is 2.60. The van der Waals surface area contributed by atoms with E-state index in [9.17, 15) is 6.63 Å². The van der Waals surface area contributed by atoms with Gasteiger partial charge in [-0.05, 0) is 54.4 Å². The van der Waals surface area contributed by atoms with Gasteiger partial charge in [0.25, 0.3) is 0 Å². The Labute approximate surface area is 234 Å². The summed E-state index contributed by atoms with van der Waals surface area (Å²) in [6.07, 6.45) is 7.01. The number of pyridine rings is 1. The molecule has 2 aromatic carbocycles. The number of aromatic nitrogens is 1. The number of nitriles is 1. The summed E-state index contributed by atoms with van der Waals surface area (Å²) in [4.78, 5) is 4.47. The standard InChI is InChI=1S/C29H31Cl2N7/c1-28(2,3)16-34-25-18(13-32)14-33-26-21(25)8-19(9-23(26)31)35-27(20-6-4-5-7-22(20)30)24-15-38(37-36-24)29-10-17(11-29)12-29/h4-9,14-15,17,27,35-37H,10-12,16H2,1-3H3,(H,33,34)/t17?,27-,29?/m0/s1/i27D. The first-order chi connectivity index (χ1) is 18.5. The molecule has 3 fully saturated rings. The number of benzene rings is 2. The lowest BCUT2D eigenvalue weighted by atomic mass is 9.49. The summed E-state index contributed by atoms with van der Waals surface area (Å²) in [5, 5.41) is 20.4. The van der Waals surface area contributed by atoms with Crippen LogP contribution in [0.2, 0.25) is 10.0 Å². The van der Waals surface area contributed by atoms with Gasteiger partial charge in [-0.25, -0.2) is 0 Å². The van der Waals surface area contributed by atoms with Gasteiger partial charge in [-0.3, -0.25) is 9.99 Å². The molecule has 3 saturated carbocycles. The molecule has 3 aliphatic carbocycles. The Kier molecular flexibility index (Phi) is 5.81. The molecule has 7 nitrogen and oxygen atoms in total. The lowest BCUT2D eigenvalue weighted by molar-refractivity contribution is -0.141. The molecule has 0 unspecified atom stereocenters. The van der Waals surface area contributed by atoms with Crippen LogP contribution in [0.25, 0.3) is 10.9 Å². The van der Waals surface area contributed by atoms with Crippen molar-refractivity contribution < 1.29 is 1.37 Å². The Morgan fingerprint density at radius 1 is 1.24 bits per heavy atom. The smallest absolute Gasteiger partial charge is 0.103 e. The summed E-state index contributed by atoms with van der Waals surface area (Å²) in [7, 11) is 0. The molecule has 0 radical (unpaired) electrons. The maximum absolute atomic E-state index is 9.82. The van der Waals surface area contributed by atoms with Crippen molar-refractivity contribution in [2.75, 3.05) is 17.2 Å². The van der Waals surface area contributed by atoms with Crippen molar-refractivity contribution >= 4 is 45.5 Å². The Bertz CT molecular complexity index is 1530. The number of fused-ring (bicyclic) bond motifs is 1. The van der Waals surface area contributed by atoms with Crippen LogP contribution in [0, 0.1) is 22.7 Å². The third-order valence-corrected chi connectivity index (χ3v) is 8.23. The monoisotopic (exact) mass is 548 g/mol. The van der Waals surface area contributed by atoms with Crippen LogP contribution in [0.5, 0.6) is 0 Å². The van der Waals surface area contributed by atoms with Crippen molar-refractivity contribution in [2.45, 2.75) is 51.6 Å². The zero-order valence-electron chi connectivity index (χ0n) is 22.6. The van der Waals surface area contributed by atoms with Gasteiger partial charge in [-0.15, -0.1) is 5.53 Å². The van der Waals surface area contributed by atoms with Crippen LogP contribution in [-0.4, -0.2) is 22.1 Å². The molecule has 2 bridgehead atoms. The first kappa shape index (κ1) is 23.9. The fraction of sp³-hybridized carbons (Fsp3) is 0.379. The van der Waals surface area contributed by atoms with Crippen LogP contribution in [0.4, 0.5) is 11.4 Å². The number of hydrogen-bond acceptors (Lipinski definition) is 7. The molecule has 196 valence electrons. The van der Waals surface area contributed by atoms with Gasteiger partial charge >= 0.3 is 0 Å². The molecule has 2 heterocycles. The average molecular weight is 550 g/mol. The first-order valence-electron chi connectivity index (χ1n) is 13.3. The molecule has 7 rings (SSSR count). The Balaban J connectivity index is 1.44. The molecule has 4 aliphatic rings. The van der Waals surface area contributed by atoms with Crippen LogP contribution in [0.3, 0.4) is 0 Å². The quantitative estimate of drug-likeness (QED) is 0.260. The Morgan fingerprint density at radius 2 is 2.00 bits per heavy atom. The van der Waals surface area contributed by atoms with Crippen LogP contribution in [0.15, 0.2) is 54.5 Å². The van der Waals surface area contributed by atoms with E-state index < -0.39 is 6.02 Å². The third-order valence-electron chi connectivity index (χ3n) is 7.61. The van der Waals surface area contributed by atoms with Crippen molar-refractivity contribution in [3.63, 3.8) is 0 Å². The highest BCUT2D eigenvalue weighted by atomic mass is 35.5. The summed E-state index contributed by atoms with van der Waals surface area (Å²) in [6.45, 7) is 7.03. The van der Waals surface area contributed by atoms with Gasteiger partial charge in [0.05, 0.1) is 40.4 Å². The number of hydrazine groups is 2. The van der Waals surface area contributed by atoms with Gasteiger partial charge in [0, 0.05) is 35.0 Å². The topological polar surface area (TPSA) is 88.0 Å². The van der Waals surface area contributed by atoms with Crippen molar-refractivity contribution in [3.8, 4) is 6.07 Å².